The first-order valence-corrected chi connectivity index (χ1v) is 5.74. The summed E-state index contributed by atoms with van der Waals surface area (Å²) in [6, 6.07) is 8.63. The Bertz CT molecular complexity index is 915. The highest BCUT2D eigenvalue weighted by Gasteiger charge is 2.18. The third kappa shape index (κ3) is 1.68. The predicted octanol–water partition coefficient (Wildman–Crippen LogP) is 1.000. The zero-order valence-corrected chi connectivity index (χ0v) is 10.1. The Morgan fingerprint density at radius 3 is 2.25 bits per heavy atom. The van der Waals surface area contributed by atoms with Gasteiger partial charge in [-0.25, -0.2) is 4.98 Å². The fourth-order valence-electron chi connectivity index (χ4n) is 2.07. The molecule has 2 aromatic heterocycles. The monoisotopic (exact) mass is 271 g/mol. The van der Waals surface area contributed by atoms with Gasteiger partial charge in [0.05, 0.1) is 16.8 Å². The first-order valence-electron chi connectivity index (χ1n) is 5.74. The second-order valence-corrected chi connectivity index (χ2v) is 4.19. The van der Waals surface area contributed by atoms with E-state index in [0.29, 0.717) is 5.56 Å². The van der Waals surface area contributed by atoms with E-state index < -0.39 is 22.5 Å². The van der Waals surface area contributed by atoms with Crippen LogP contribution >= 0.6 is 0 Å². The fourth-order valence-corrected chi connectivity index (χ4v) is 2.07. The lowest BCUT2D eigenvalue weighted by atomic mass is 10.1. The lowest BCUT2D eigenvalue weighted by Crippen LogP contribution is -2.22. The van der Waals surface area contributed by atoms with Gasteiger partial charge in [-0.15, -0.1) is 0 Å². The molecule has 1 aromatic carbocycles. The minimum Gasteiger partial charge on any atom is -0.396 e. The van der Waals surface area contributed by atoms with Gasteiger partial charge >= 0.3 is 0 Å². The number of aromatic nitrogens is 3. The van der Waals surface area contributed by atoms with Gasteiger partial charge in [-0.05, 0) is 0 Å². The van der Waals surface area contributed by atoms with Gasteiger partial charge in [0, 0.05) is 5.56 Å². The Morgan fingerprint density at radius 2 is 1.60 bits per heavy atom. The van der Waals surface area contributed by atoms with E-state index >= 15 is 0 Å². The smallest absolute Gasteiger partial charge is 0.275 e. The number of nitrogens with two attached hydrogens (primary N) is 1. The molecule has 4 N–H and O–H groups in total. The van der Waals surface area contributed by atoms with E-state index in [1.807, 2.05) is 5.10 Å². The molecule has 0 aliphatic heterocycles. The number of hydrogen-bond acceptors (Lipinski definition) is 4. The van der Waals surface area contributed by atoms with Crippen LogP contribution in [-0.2, 0) is 0 Å². The molecule has 3 aromatic rings. The van der Waals surface area contributed by atoms with E-state index in [4.69, 9.17) is 5.73 Å². The number of fused-ring (bicyclic) bond motifs is 1. The molecule has 0 atom stereocenters. The molecule has 0 unspecified atom stereocenters. The van der Waals surface area contributed by atoms with Crippen molar-refractivity contribution in [1.82, 2.24) is 15.2 Å². The molecule has 0 fully saturated rings. The third-order valence-electron chi connectivity index (χ3n) is 2.98. The molecule has 0 saturated carbocycles. The lowest BCUT2D eigenvalue weighted by Gasteiger charge is -2.08. The van der Waals surface area contributed by atoms with E-state index in [1.165, 1.54) is 0 Å². The molecule has 0 radical (unpaired) electrons. The van der Waals surface area contributed by atoms with E-state index in [2.05, 4.69) is 10.1 Å². The number of nitrogen functional groups attached to an aromatic ring is 1. The zero-order valence-electron chi connectivity index (χ0n) is 10.1. The number of nitrogens with one attached hydrogen (secondary N) is 2. The molecule has 100 valence electrons. The highest BCUT2D eigenvalue weighted by molar-refractivity contribution is 5.97. The van der Waals surface area contributed by atoms with Crippen LogP contribution in [-0.4, -0.2) is 15.2 Å². The summed E-state index contributed by atoms with van der Waals surface area (Å²) in [5, 5.41) is 3.53. The quantitative estimate of drug-likeness (QED) is 0.574. The molecule has 20 heavy (non-hydrogen) atoms. The second-order valence-electron chi connectivity index (χ2n) is 4.19. The van der Waals surface area contributed by atoms with Crippen LogP contribution in [0.1, 0.15) is 0 Å². The molecule has 0 aliphatic carbocycles. The predicted molar refractivity (Wildman–Crippen MR) is 72.8 cm³/mol. The molecular formula is C13H9FN4O2. The van der Waals surface area contributed by atoms with E-state index in [-0.39, 0.29) is 16.8 Å². The molecular weight excluding hydrogens is 262 g/mol. The van der Waals surface area contributed by atoms with Crippen molar-refractivity contribution < 1.29 is 4.39 Å². The highest BCUT2D eigenvalue weighted by Crippen LogP contribution is 2.28. The summed E-state index contributed by atoms with van der Waals surface area (Å²) in [6.07, 6.45) is 0. The fraction of sp³-hybridized carbons (Fsp3) is 0. The third-order valence-corrected chi connectivity index (χ3v) is 2.98. The van der Waals surface area contributed by atoms with Gasteiger partial charge in [0.2, 0.25) is 5.95 Å². The standard InChI is InChI=1S/C13H9FN4O2/c14-11-8-7(12(19)17-18-13(8)20)9(15)10(16-11)6-4-2-1-3-5-6/h1-5H,15H2,(H,17,19)(H,18,20)/i14-1. The molecule has 2 heterocycles. The maximum Gasteiger partial charge on any atom is 0.275 e. The van der Waals surface area contributed by atoms with Gasteiger partial charge in [0.25, 0.3) is 11.1 Å². The number of anilines is 1. The van der Waals surface area contributed by atoms with Crippen LogP contribution in [0.3, 0.4) is 0 Å². The Hall–Kier alpha value is -2.96. The zero-order chi connectivity index (χ0) is 14.3. The Morgan fingerprint density at radius 1 is 1.00 bits per heavy atom. The number of aromatic amines is 2. The Balaban J connectivity index is 2.50. The van der Waals surface area contributed by atoms with E-state index in [0.717, 1.165) is 0 Å². The van der Waals surface area contributed by atoms with Crippen LogP contribution in [0.5, 0.6) is 0 Å². The first kappa shape index (κ1) is 12.1. The number of rotatable bonds is 1. The van der Waals surface area contributed by atoms with Crippen molar-refractivity contribution in [3.63, 3.8) is 0 Å². The summed E-state index contributed by atoms with van der Waals surface area (Å²) in [5.41, 5.74) is 5.10. The van der Waals surface area contributed by atoms with E-state index in [9.17, 15) is 14.0 Å². The van der Waals surface area contributed by atoms with Crippen molar-refractivity contribution in [2.45, 2.75) is 0 Å². The molecule has 0 bridgehead atoms. The van der Waals surface area contributed by atoms with Crippen LogP contribution in [0.4, 0.5) is 10.1 Å². The van der Waals surface area contributed by atoms with Gasteiger partial charge in [-0.3, -0.25) is 19.8 Å². The maximum absolute atomic E-state index is 14.0. The average molecular weight is 271 g/mol. The topological polar surface area (TPSA) is 105 Å². The lowest BCUT2D eigenvalue weighted by molar-refractivity contribution is 0.596. The first-order chi connectivity index (χ1) is 9.59. The summed E-state index contributed by atoms with van der Waals surface area (Å²) in [6.45, 7) is 0. The van der Waals surface area contributed by atoms with Crippen molar-refractivity contribution in [3.05, 3.63) is 57.0 Å². The van der Waals surface area contributed by atoms with Crippen LogP contribution in [0, 0.1) is 5.95 Å². The van der Waals surface area contributed by atoms with Gasteiger partial charge in [0.1, 0.15) is 5.39 Å². The molecule has 0 aliphatic rings. The number of nitrogens with zero attached hydrogens (tertiary/aromatic N) is 1. The summed E-state index contributed by atoms with van der Waals surface area (Å²) in [7, 11) is 0. The van der Waals surface area contributed by atoms with Crippen molar-refractivity contribution in [3.8, 4) is 11.3 Å². The van der Waals surface area contributed by atoms with Crippen LogP contribution in [0.25, 0.3) is 22.0 Å². The largest absolute Gasteiger partial charge is 0.396 e. The Kier molecular flexibility index (Phi) is 2.60. The number of halogens is 1. The summed E-state index contributed by atoms with van der Waals surface area (Å²) < 4.78 is 14.0. The van der Waals surface area contributed by atoms with Crippen molar-refractivity contribution >= 4 is 16.5 Å². The summed E-state index contributed by atoms with van der Waals surface area (Å²) in [5.74, 6) is -1.03. The highest BCUT2D eigenvalue weighted by atomic mass is 18.2. The van der Waals surface area contributed by atoms with Gasteiger partial charge in [0.15, 0.2) is 0 Å². The minimum atomic E-state index is -1.03. The molecule has 0 amide bonds. The van der Waals surface area contributed by atoms with Gasteiger partial charge in [-0.2, -0.15) is 4.39 Å². The number of pyridine rings is 1. The van der Waals surface area contributed by atoms with Crippen molar-refractivity contribution in [2.75, 3.05) is 5.73 Å². The van der Waals surface area contributed by atoms with Gasteiger partial charge < -0.3 is 5.73 Å². The maximum atomic E-state index is 14.0. The van der Waals surface area contributed by atoms with Crippen LogP contribution in [0.2, 0.25) is 0 Å². The van der Waals surface area contributed by atoms with Crippen molar-refractivity contribution in [1.29, 1.82) is 0 Å². The average Bonchev–Trinajstić information content (AvgIpc) is 2.46. The number of benzene rings is 1. The normalized spacial score (nSPS) is 10.8. The second kappa shape index (κ2) is 4.30. The van der Waals surface area contributed by atoms with Crippen LogP contribution < -0.4 is 16.9 Å². The SMILES string of the molecule is Nc1c(-c2ccccc2)nc([18F])c2c(=O)[nH][nH]c(=O)c12. The van der Waals surface area contributed by atoms with E-state index in [1.54, 1.807) is 30.3 Å². The Labute approximate surface area is 111 Å². The molecule has 0 spiro atoms. The molecule has 6 nitrogen and oxygen atoms in total. The van der Waals surface area contributed by atoms with Crippen molar-refractivity contribution in [2.24, 2.45) is 0 Å². The van der Waals surface area contributed by atoms with Crippen LogP contribution in [0.15, 0.2) is 39.9 Å². The number of hydrogen-bond donors (Lipinski definition) is 3. The van der Waals surface area contributed by atoms with Gasteiger partial charge in [-0.1, -0.05) is 30.3 Å². The molecule has 7 heteroatoms. The summed E-state index contributed by atoms with van der Waals surface area (Å²) >= 11 is 0. The number of H-pyrrole nitrogens is 2. The summed E-state index contributed by atoms with van der Waals surface area (Å²) in [4.78, 5) is 27.1. The molecule has 3 rings (SSSR count). The molecule has 0 saturated heterocycles. The minimum absolute atomic E-state index is 0.0278.